The van der Waals surface area contributed by atoms with Crippen LogP contribution in [0.2, 0.25) is 0 Å². The number of nitriles is 1. The van der Waals surface area contributed by atoms with Gasteiger partial charge in [-0.15, -0.1) is 0 Å². The number of benzene rings is 1. The van der Waals surface area contributed by atoms with Crippen LogP contribution >= 0.6 is 45.2 Å². The lowest BCUT2D eigenvalue weighted by molar-refractivity contribution is 0.854. The molecule has 0 N–H and O–H groups in total. The molecular weight excluding hydrogens is 416 g/mol. The fourth-order valence-corrected chi connectivity index (χ4v) is 2.50. The summed E-state index contributed by atoms with van der Waals surface area (Å²) < 4.78 is 3.92. The van der Waals surface area contributed by atoms with Crippen LogP contribution in [-0.4, -0.2) is 9.78 Å². The van der Waals surface area contributed by atoms with E-state index in [1.807, 2.05) is 22.9 Å². The molecule has 0 atom stereocenters. The summed E-state index contributed by atoms with van der Waals surface area (Å²) in [5.41, 5.74) is 1.68. The highest BCUT2D eigenvalue weighted by atomic mass is 127. The highest BCUT2D eigenvalue weighted by Crippen LogP contribution is 2.20. The van der Waals surface area contributed by atoms with Gasteiger partial charge in [-0.1, -0.05) is 0 Å². The second-order valence-corrected chi connectivity index (χ2v) is 5.11. The Bertz CT molecular complexity index is 540. The van der Waals surface area contributed by atoms with Crippen LogP contribution in [0.1, 0.15) is 5.56 Å². The molecule has 0 unspecified atom stereocenters. The number of nitrogens with zero attached hydrogens (tertiary/aromatic N) is 3. The molecule has 0 amide bonds. The van der Waals surface area contributed by atoms with E-state index in [0.717, 1.165) is 13.0 Å². The minimum absolute atomic E-state index is 0.672. The Morgan fingerprint density at radius 2 is 2.07 bits per heavy atom. The number of hydrogen-bond acceptors (Lipinski definition) is 2. The van der Waals surface area contributed by atoms with E-state index >= 15 is 0 Å². The molecule has 0 aliphatic rings. The van der Waals surface area contributed by atoms with Gasteiger partial charge >= 0.3 is 0 Å². The molecule has 1 heterocycles. The first-order valence-corrected chi connectivity index (χ1v) is 6.27. The van der Waals surface area contributed by atoms with Crippen molar-refractivity contribution in [2.75, 3.05) is 0 Å². The van der Waals surface area contributed by atoms with E-state index in [9.17, 15) is 0 Å². The smallest absolute Gasteiger partial charge is 0.105 e. The molecule has 3 nitrogen and oxygen atoms in total. The van der Waals surface area contributed by atoms with Gasteiger partial charge in [0.1, 0.15) is 3.70 Å². The van der Waals surface area contributed by atoms with Crippen molar-refractivity contribution in [3.63, 3.8) is 0 Å². The van der Waals surface area contributed by atoms with Crippen molar-refractivity contribution < 1.29 is 0 Å². The van der Waals surface area contributed by atoms with Crippen LogP contribution in [0.15, 0.2) is 30.5 Å². The lowest BCUT2D eigenvalue weighted by Gasteiger charge is -2.05. The molecule has 0 aliphatic carbocycles. The molecule has 0 saturated heterocycles. The standard InChI is InChI=1S/C10H5I2N3/c11-8-5-7(6-13)1-2-9(8)15-10(12)3-4-14-15/h1-5H. The minimum atomic E-state index is 0.672. The third kappa shape index (κ3) is 2.15. The molecule has 0 radical (unpaired) electrons. The molecule has 2 aromatic rings. The van der Waals surface area contributed by atoms with E-state index in [-0.39, 0.29) is 0 Å². The van der Waals surface area contributed by atoms with Gasteiger partial charge in [0.05, 0.1) is 23.5 Å². The fraction of sp³-hybridized carbons (Fsp3) is 0. The van der Waals surface area contributed by atoms with E-state index < -0.39 is 0 Å². The highest BCUT2D eigenvalue weighted by molar-refractivity contribution is 14.1. The average Bonchev–Trinajstić information content (AvgIpc) is 2.64. The zero-order valence-corrected chi connectivity index (χ0v) is 11.8. The molecule has 1 aromatic carbocycles. The Hall–Kier alpha value is -0.620. The van der Waals surface area contributed by atoms with E-state index in [2.05, 4.69) is 56.3 Å². The molecule has 74 valence electrons. The zero-order valence-electron chi connectivity index (χ0n) is 7.48. The normalized spacial score (nSPS) is 9.93. The van der Waals surface area contributed by atoms with E-state index in [4.69, 9.17) is 5.26 Å². The Kier molecular flexibility index (Phi) is 3.25. The summed E-state index contributed by atoms with van der Waals surface area (Å²) in [4.78, 5) is 0. The van der Waals surface area contributed by atoms with Gasteiger partial charge < -0.3 is 0 Å². The fourth-order valence-electron chi connectivity index (χ4n) is 1.21. The summed E-state index contributed by atoms with van der Waals surface area (Å²) >= 11 is 4.44. The van der Waals surface area contributed by atoms with Crippen LogP contribution in [-0.2, 0) is 0 Å². The van der Waals surface area contributed by atoms with Gasteiger partial charge in [-0.2, -0.15) is 10.4 Å². The predicted molar refractivity (Wildman–Crippen MR) is 73.7 cm³/mol. The molecule has 0 spiro atoms. The van der Waals surface area contributed by atoms with Gasteiger partial charge in [0.15, 0.2) is 0 Å². The summed E-state index contributed by atoms with van der Waals surface area (Å²) in [6.45, 7) is 0. The van der Waals surface area contributed by atoms with Gasteiger partial charge in [0.2, 0.25) is 0 Å². The zero-order chi connectivity index (χ0) is 10.8. The van der Waals surface area contributed by atoms with Crippen molar-refractivity contribution >= 4 is 45.2 Å². The SMILES string of the molecule is N#Cc1ccc(-n2nccc2I)c(I)c1. The predicted octanol–water partition coefficient (Wildman–Crippen LogP) is 2.95. The first-order chi connectivity index (χ1) is 7.22. The second kappa shape index (κ2) is 4.49. The summed E-state index contributed by atoms with van der Waals surface area (Å²) in [5, 5.41) is 13.0. The van der Waals surface area contributed by atoms with E-state index in [0.29, 0.717) is 5.56 Å². The topological polar surface area (TPSA) is 41.6 Å². The van der Waals surface area contributed by atoms with Crippen molar-refractivity contribution in [2.24, 2.45) is 0 Å². The Balaban J connectivity index is 2.56. The maximum atomic E-state index is 8.76. The van der Waals surface area contributed by atoms with Gasteiger partial charge in [-0.25, -0.2) is 4.68 Å². The third-order valence-electron chi connectivity index (χ3n) is 1.90. The largest absolute Gasteiger partial charge is 0.227 e. The van der Waals surface area contributed by atoms with Crippen molar-refractivity contribution in [2.45, 2.75) is 0 Å². The molecule has 0 aliphatic heterocycles. The summed E-state index contributed by atoms with van der Waals surface area (Å²) in [6, 6.07) is 9.63. The third-order valence-corrected chi connectivity index (χ3v) is 3.58. The Labute approximate surface area is 114 Å². The van der Waals surface area contributed by atoms with Crippen molar-refractivity contribution in [1.82, 2.24) is 9.78 Å². The molecule has 0 saturated carbocycles. The summed E-state index contributed by atoms with van der Waals surface area (Å²) in [5.74, 6) is 0. The molecule has 0 bridgehead atoms. The van der Waals surface area contributed by atoms with Crippen molar-refractivity contribution in [1.29, 1.82) is 5.26 Å². The Morgan fingerprint density at radius 1 is 1.27 bits per heavy atom. The van der Waals surface area contributed by atoms with Crippen LogP contribution in [0, 0.1) is 18.6 Å². The van der Waals surface area contributed by atoms with Crippen LogP contribution in [0.4, 0.5) is 0 Å². The molecule has 5 heteroatoms. The first-order valence-electron chi connectivity index (χ1n) is 4.12. The first kappa shape index (κ1) is 10.9. The van der Waals surface area contributed by atoms with Crippen LogP contribution in [0.25, 0.3) is 5.69 Å². The van der Waals surface area contributed by atoms with Gasteiger partial charge in [-0.05, 0) is 69.4 Å². The van der Waals surface area contributed by atoms with Crippen LogP contribution < -0.4 is 0 Å². The number of hydrogen-bond donors (Lipinski definition) is 0. The molecular formula is C10H5I2N3. The van der Waals surface area contributed by atoms with E-state index in [1.165, 1.54) is 0 Å². The summed E-state index contributed by atoms with van der Waals surface area (Å²) in [7, 11) is 0. The lowest BCUT2D eigenvalue weighted by Crippen LogP contribution is -2.01. The maximum absolute atomic E-state index is 8.76. The monoisotopic (exact) mass is 421 g/mol. The molecule has 1 aromatic heterocycles. The lowest BCUT2D eigenvalue weighted by atomic mass is 10.2. The maximum Gasteiger partial charge on any atom is 0.105 e. The second-order valence-electron chi connectivity index (χ2n) is 2.84. The van der Waals surface area contributed by atoms with E-state index in [1.54, 1.807) is 12.3 Å². The van der Waals surface area contributed by atoms with Gasteiger partial charge in [0, 0.05) is 3.57 Å². The van der Waals surface area contributed by atoms with Crippen LogP contribution in [0.5, 0.6) is 0 Å². The average molecular weight is 421 g/mol. The van der Waals surface area contributed by atoms with Gasteiger partial charge in [-0.3, -0.25) is 0 Å². The highest BCUT2D eigenvalue weighted by Gasteiger charge is 2.06. The van der Waals surface area contributed by atoms with Crippen molar-refractivity contribution in [3.8, 4) is 11.8 Å². The quantitative estimate of drug-likeness (QED) is 0.665. The molecule has 15 heavy (non-hydrogen) atoms. The number of halogens is 2. The molecule has 0 fully saturated rings. The number of aromatic nitrogens is 2. The van der Waals surface area contributed by atoms with Crippen LogP contribution in [0.3, 0.4) is 0 Å². The summed E-state index contributed by atoms with van der Waals surface area (Å²) in [6.07, 6.45) is 1.76. The van der Waals surface area contributed by atoms with Gasteiger partial charge in [0.25, 0.3) is 0 Å². The Morgan fingerprint density at radius 3 is 2.60 bits per heavy atom. The molecule has 2 rings (SSSR count). The van der Waals surface area contributed by atoms with Crippen molar-refractivity contribution in [3.05, 3.63) is 43.3 Å². The number of rotatable bonds is 1. The minimum Gasteiger partial charge on any atom is -0.227 e.